The first-order chi connectivity index (χ1) is 27.7. The van der Waals surface area contributed by atoms with Gasteiger partial charge >= 0.3 is 24.1 Å². The van der Waals surface area contributed by atoms with Crippen molar-refractivity contribution in [1.82, 2.24) is 15.5 Å². The molecule has 3 amide bonds. The summed E-state index contributed by atoms with van der Waals surface area (Å²) in [6.45, 7) is 10.3. The molecule has 336 valence electrons. The number of carbonyl (C=O) groups excluding carboxylic acids is 5. The highest BCUT2D eigenvalue weighted by Crippen LogP contribution is 2.16. The Labute approximate surface area is 347 Å². The van der Waals surface area contributed by atoms with E-state index in [2.05, 4.69) is 30.7 Å². The first kappa shape index (κ1) is 54.3. The lowest BCUT2D eigenvalue weighted by atomic mass is 10.0. The number of ether oxygens (including phenoxy) is 4. The monoisotopic (exact) mass is 828 g/mol. The highest BCUT2D eigenvalue weighted by Gasteiger charge is 2.37. The van der Waals surface area contributed by atoms with Crippen LogP contribution < -0.4 is 10.6 Å². The summed E-state index contributed by atoms with van der Waals surface area (Å²) in [5, 5.41) is 37.2. The number of nitrogens with zero attached hydrogens (tertiary/aromatic N) is 1. The van der Waals surface area contributed by atoms with Crippen molar-refractivity contribution in [3.63, 3.8) is 0 Å². The van der Waals surface area contributed by atoms with Crippen molar-refractivity contribution >= 4 is 30.0 Å². The van der Waals surface area contributed by atoms with Gasteiger partial charge in [-0.3, -0.25) is 4.79 Å². The minimum atomic E-state index is -1.92. The van der Waals surface area contributed by atoms with Gasteiger partial charge in [0, 0.05) is 31.2 Å². The fourth-order valence-corrected chi connectivity index (χ4v) is 5.94. The largest absolute Gasteiger partial charge is 0.460 e. The molecule has 0 aliphatic rings. The number of unbranched alkanes of at least 4 members (excludes halogenated alkanes) is 18. The Kier molecular flexibility index (Phi) is 33.0. The Hall–Kier alpha value is -3.69. The molecular weight excluding hydrogens is 750 g/mol. The molecule has 0 aliphatic heterocycles. The second-order valence-electron chi connectivity index (χ2n) is 15.2. The molecule has 0 saturated heterocycles. The predicted octanol–water partition coefficient (Wildman–Crippen LogP) is 6.41. The third-order valence-corrected chi connectivity index (χ3v) is 9.53. The van der Waals surface area contributed by atoms with Gasteiger partial charge in [-0.05, 0) is 20.3 Å². The van der Waals surface area contributed by atoms with Crippen molar-refractivity contribution in [3.05, 3.63) is 24.3 Å². The van der Waals surface area contributed by atoms with Gasteiger partial charge in [-0.2, -0.15) is 0 Å². The molecule has 0 aromatic heterocycles. The standard InChI is InChI=1S/C43H77N3O12/c1-7-8-9-10-11-12-13-14-15-16-17-18-19-20-21-22-23-24-25-26-37(49)46(6)31-35(47)38(50)39(58-43(54)45-28-30-56-41(52)34(4)5)36(48)32-57-42(53)44-27-29-55-40(51)33(2)3/h35-36,38-39,47-48,50H,2,4,7-32H2,1,3,5-6H3,(H,44,53)(H,45,54)/t35-,36+,38+,39+/m0/s1. The highest BCUT2D eigenvalue weighted by atomic mass is 16.6. The number of nitrogens with one attached hydrogen (secondary N) is 2. The molecule has 0 unspecified atom stereocenters. The molecule has 0 radical (unpaired) electrons. The molecule has 15 heteroatoms. The second kappa shape index (κ2) is 35.3. The van der Waals surface area contributed by atoms with Crippen molar-refractivity contribution in [2.75, 3.05) is 46.5 Å². The van der Waals surface area contributed by atoms with E-state index in [4.69, 9.17) is 18.9 Å². The Morgan fingerprint density at radius 2 is 0.983 bits per heavy atom. The highest BCUT2D eigenvalue weighted by molar-refractivity contribution is 5.87. The smallest absolute Gasteiger partial charge is 0.407 e. The number of amides is 3. The van der Waals surface area contributed by atoms with Crippen LogP contribution in [0.2, 0.25) is 0 Å². The third-order valence-electron chi connectivity index (χ3n) is 9.53. The lowest BCUT2D eigenvalue weighted by Gasteiger charge is -2.31. The van der Waals surface area contributed by atoms with Gasteiger partial charge in [0.05, 0.1) is 13.1 Å². The van der Waals surface area contributed by atoms with Crippen LogP contribution in [0.25, 0.3) is 0 Å². The van der Waals surface area contributed by atoms with E-state index in [-0.39, 0.29) is 56.3 Å². The predicted molar refractivity (Wildman–Crippen MR) is 223 cm³/mol. The molecule has 5 N–H and O–H groups in total. The van der Waals surface area contributed by atoms with Crippen molar-refractivity contribution in [1.29, 1.82) is 0 Å². The molecule has 0 rings (SSSR count). The number of carbonyl (C=O) groups is 5. The van der Waals surface area contributed by atoms with Gasteiger partial charge < -0.3 is 49.8 Å². The van der Waals surface area contributed by atoms with Crippen LogP contribution in [-0.4, -0.2) is 121 Å². The number of likely N-dealkylation sites (N-methyl/N-ethyl adjacent to an activating group) is 1. The Balaban J connectivity index is 4.63. The summed E-state index contributed by atoms with van der Waals surface area (Å²) in [5.74, 6) is -1.55. The van der Waals surface area contributed by atoms with Gasteiger partial charge in [-0.1, -0.05) is 136 Å². The second-order valence-corrected chi connectivity index (χ2v) is 15.2. The topological polar surface area (TPSA) is 210 Å². The number of hydrogen-bond donors (Lipinski definition) is 5. The SMILES string of the molecule is C=C(C)C(=O)OCCNC(=O)OC[C@@H](O)[C@@H](OC(=O)NCCOC(=O)C(=C)C)[C@H](O)[C@@H](O)CN(C)C(=O)CCCCCCCCCCCCCCCCCCCCC. The molecule has 0 bridgehead atoms. The molecule has 0 saturated carbocycles. The molecule has 0 heterocycles. The van der Waals surface area contributed by atoms with Gasteiger partial charge in [-0.25, -0.2) is 19.2 Å². The quantitative estimate of drug-likeness (QED) is 0.0201. The molecule has 0 aromatic rings. The fourth-order valence-electron chi connectivity index (χ4n) is 5.94. The van der Waals surface area contributed by atoms with Crippen LogP contribution in [0.5, 0.6) is 0 Å². The summed E-state index contributed by atoms with van der Waals surface area (Å²) in [5.41, 5.74) is 0.342. The third kappa shape index (κ3) is 29.5. The van der Waals surface area contributed by atoms with E-state index >= 15 is 0 Å². The molecule has 15 nitrogen and oxygen atoms in total. The minimum absolute atomic E-state index is 0.118. The molecular formula is C43H77N3O12. The summed E-state index contributed by atoms with van der Waals surface area (Å²) < 4.78 is 19.9. The van der Waals surface area contributed by atoms with Crippen LogP contribution in [0, 0.1) is 0 Å². The van der Waals surface area contributed by atoms with E-state index in [0.29, 0.717) is 6.42 Å². The van der Waals surface area contributed by atoms with E-state index in [9.17, 15) is 39.3 Å². The van der Waals surface area contributed by atoms with Crippen LogP contribution >= 0.6 is 0 Å². The summed E-state index contributed by atoms with van der Waals surface area (Å²) in [6, 6.07) is 0. The van der Waals surface area contributed by atoms with Crippen LogP contribution in [-0.2, 0) is 33.3 Å². The Bertz CT molecular complexity index is 1180. The maximum atomic E-state index is 12.8. The van der Waals surface area contributed by atoms with Crippen molar-refractivity contribution in [2.24, 2.45) is 0 Å². The van der Waals surface area contributed by atoms with Crippen molar-refractivity contribution in [2.45, 2.75) is 174 Å². The summed E-state index contributed by atoms with van der Waals surface area (Å²) in [7, 11) is 1.47. The number of aliphatic hydroxyl groups is 3. The van der Waals surface area contributed by atoms with Crippen LogP contribution in [0.15, 0.2) is 24.3 Å². The molecule has 0 spiro atoms. The first-order valence-corrected chi connectivity index (χ1v) is 21.5. The van der Waals surface area contributed by atoms with Gasteiger partial charge in [0.25, 0.3) is 0 Å². The first-order valence-electron chi connectivity index (χ1n) is 21.5. The maximum absolute atomic E-state index is 12.8. The van der Waals surface area contributed by atoms with Gasteiger partial charge in [0.1, 0.15) is 38.1 Å². The molecule has 0 aliphatic carbocycles. The van der Waals surface area contributed by atoms with E-state index in [1.54, 1.807) is 0 Å². The van der Waals surface area contributed by atoms with E-state index in [0.717, 1.165) is 19.3 Å². The zero-order valence-electron chi connectivity index (χ0n) is 36.1. The van der Waals surface area contributed by atoms with Crippen LogP contribution in [0.4, 0.5) is 9.59 Å². The van der Waals surface area contributed by atoms with E-state index in [1.807, 2.05) is 0 Å². The van der Waals surface area contributed by atoms with Crippen LogP contribution in [0.3, 0.4) is 0 Å². The average molecular weight is 828 g/mol. The zero-order chi connectivity index (χ0) is 43.6. The maximum Gasteiger partial charge on any atom is 0.407 e. The van der Waals surface area contributed by atoms with Gasteiger partial charge in [0.2, 0.25) is 5.91 Å². The lowest BCUT2D eigenvalue weighted by molar-refractivity contribution is -0.139. The number of aliphatic hydroxyl groups excluding tert-OH is 3. The van der Waals surface area contributed by atoms with Crippen molar-refractivity contribution < 1.29 is 58.2 Å². The van der Waals surface area contributed by atoms with Gasteiger partial charge in [-0.15, -0.1) is 0 Å². The van der Waals surface area contributed by atoms with Gasteiger partial charge in [0.15, 0.2) is 6.10 Å². The fraction of sp³-hybridized carbons (Fsp3) is 0.791. The summed E-state index contributed by atoms with van der Waals surface area (Å²) >= 11 is 0. The van der Waals surface area contributed by atoms with Crippen molar-refractivity contribution in [3.8, 4) is 0 Å². The average Bonchev–Trinajstić information content (AvgIpc) is 3.19. The zero-order valence-corrected chi connectivity index (χ0v) is 36.1. The molecule has 4 atom stereocenters. The molecule has 0 aromatic carbocycles. The van der Waals surface area contributed by atoms with Crippen LogP contribution in [0.1, 0.15) is 149 Å². The number of esters is 2. The van der Waals surface area contributed by atoms with E-state index in [1.165, 1.54) is 122 Å². The summed E-state index contributed by atoms with van der Waals surface area (Å²) in [6.07, 6.45) is 14.6. The summed E-state index contributed by atoms with van der Waals surface area (Å²) in [4.78, 5) is 61.7. The lowest BCUT2D eigenvalue weighted by Crippen LogP contribution is -2.53. The number of alkyl carbamates (subject to hydrolysis) is 2. The normalized spacial score (nSPS) is 13.0. The molecule has 0 fully saturated rings. The molecule has 58 heavy (non-hydrogen) atoms. The van der Waals surface area contributed by atoms with E-state index < -0.39 is 55.1 Å². The number of rotatable bonds is 36. The Morgan fingerprint density at radius 3 is 1.40 bits per heavy atom. The minimum Gasteiger partial charge on any atom is -0.460 e. The number of hydrogen-bond acceptors (Lipinski definition) is 12. The Morgan fingerprint density at radius 1 is 0.586 bits per heavy atom.